The Kier molecular flexibility index (Phi) is 6.16. The van der Waals surface area contributed by atoms with E-state index in [0.717, 1.165) is 4.90 Å². The minimum atomic E-state index is -4.39. The Morgan fingerprint density at radius 3 is 2.71 bits per heavy atom. The first-order chi connectivity index (χ1) is 9.78. The second-order valence-corrected chi connectivity index (χ2v) is 4.40. The number of aromatic nitrogens is 2. The summed E-state index contributed by atoms with van der Waals surface area (Å²) in [6.45, 7) is -0.118. The maximum atomic E-state index is 12.5. The third kappa shape index (κ3) is 5.35. The largest absolute Gasteiger partial charge is 0.462 e. The maximum Gasteiger partial charge on any atom is 0.401 e. The summed E-state index contributed by atoms with van der Waals surface area (Å²) in [5.74, 6) is -0.628. The molecular weight excluding hydrogens is 291 g/mol. The molecule has 0 amide bonds. The van der Waals surface area contributed by atoms with Crippen LogP contribution < -0.4 is 0 Å². The zero-order valence-electron chi connectivity index (χ0n) is 11.9. The van der Waals surface area contributed by atoms with Crippen molar-refractivity contribution < 1.29 is 27.8 Å². The molecule has 0 saturated carbocycles. The fourth-order valence-electron chi connectivity index (χ4n) is 1.85. The Labute approximate surface area is 120 Å². The predicted octanol–water partition coefficient (Wildman–Crippen LogP) is 0.953. The number of alkyl halides is 3. The lowest BCUT2D eigenvalue weighted by molar-refractivity contribution is -0.148. The molecule has 9 heteroatoms. The highest BCUT2D eigenvalue weighted by Gasteiger charge is 2.31. The van der Waals surface area contributed by atoms with E-state index >= 15 is 0 Å². The van der Waals surface area contributed by atoms with Gasteiger partial charge in [-0.2, -0.15) is 18.3 Å². The first-order valence-electron chi connectivity index (χ1n) is 6.36. The molecule has 1 aromatic heterocycles. The molecule has 0 aliphatic heterocycles. The van der Waals surface area contributed by atoms with Crippen LogP contribution in [0.15, 0.2) is 6.20 Å². The van der Waals surface area contributed by atoms with Crippen molar-refractivity contribution >= 4 is 5.97 Å². The van der Waals surface area contributed by atoms with E-state index < -0.39 is 25.3 Å². The molecule has 1 heterocycles. The Morgan fingerprint density at radius 2 is 2.19 bits per heavy atom. The summed E-state index contributed by atoms with van der Waals surface area (Å²) in [6.07, 6.45) is -3.13. The van der Waals surface area contributed by atoms with Crippen LogP contribution in [0.25, 0.3) is 0 Å². The lowest BCUT2D eigenvalue weighted by Crippen LogP contribution is -2.36. The van der Waals surface area contributed by atoms with Gasteiger partial charge in [0.2, 0.25) is 0 Å². The number of ether oxygens (including phenoxy) is 1. The molecule has 120 valence electrons. The van der Waals surface area contributed by atoms with Gasteiger partial charge in [-0.1, -0.05) is 0 Å². The molecule has 0 saturated heterocycles. The zero-order chi connectivity index (χ0) is 16.0. The zero-order valence-corrected chi connectivity index (χ0v) is 11.9. The molecule has 0 aliphatic carbocycles. The normalized spacial score (nSPS) is 12.0. The van der Waals surface area contributed by atoms with E-state index in [1.54, 1.807) is 6.92 Å². The molecule has 0 unspecified atom stereocenters. The number of nitrogens with zero attached hydrogens (tertiary/aromatic N) is 3. The summed E-state index contributed by atoms with van der Waals surface area (Å²) < 4.78 is 43.7. The van der Waals surface area contributed by atoms with Crippen LogP contribution in [0.2, 0.25) is 0 Å². The van der Waals surface area contributed by atoms with Crippen molar-refractivity contribution in [1.29, 1.82) is 0 Å². The number of rotatable bonds is 7. The van der Waals surface area contributed by atoms with Gasteiger partial charge in [-0.05, 0) is 6.92 Å². The molecule has 1 rings (SSSR count). The molecule has 1 N–H and O–H groups in total. The maximum absolute atomic E-state index is 12.5. The number of halogens is 3. The molecule has 6 nitrogen and oxygen atoms in total. The van der Waals surface area contributed by atoms with Crippen molar-refractivity contribution in [3.05, 3.63) is 17.5 Å². The van der Waals surface area contributed by atoms with Crippen molar-refractivity contribution in [3.8, 4) is 0 Å². The van der Waals surface area contributed by atoms with Crippen LogP contribution in [-0.2, 0) is 18.3 Å². The highest BCUT2D eigenvalue weighted by molar-refractivity contribution is 5.90. The highest BCUT2D eigenvalue weighted by Crippen LogP contribution is 2.19. The quantitative estimate of drug-likeness (QED) is 0.760. The van der Waals surface area contributed by atoms with E-state index in [-0.39, 0.29) is 25.3 Å². The number of esters is 1. The van der Waals surface area contributed by atoms with E-state index in [4.69, 9.17) is 9.84 Å². The van der Waals surface area contributed by atoms with Gasteiger partial charge < -0.3 is 9.84 Å². The minimum Gasteiger partial charge on any atom is -0.462 e. The number of aliphatic hydroxyl groups excluding tert-OH is 1. The van der Waals surface area contributed by atoms with Crippen LogP contribution in [0, 0.1) is 0 Å². The summed E-state index contributed by atoms with van der Waals surface area (Å²) in [5, 5.41) is 12.7. The van der Waals surface area contributed by atoms with Gasteiger partial charge in [0.15, 0.2) is 0 Å². The number of aryl methyl sites for hydroxylation is 1. The topological polar surface area (TPSA) is 67.6 Å². The van der Waals surface area contributed by atoms with E-state index in [1.165, 1.54) is 17.9 Å². The summed E-state index contributed by atoms with van der Waals surface area (Å²) in [5.41, 5.74) is 0.440. The van der Waals surface area contributed by atoms with Gasteiger partial charge in [-0.15, -0.1) is 0 Å². The van der Waals surface area contributed by atoms with Gasteiger partial charge >= 0.3 is 12.1 Å². The molecule has 0 spiro atoms. The molecule has 0 aromatic carbocycles. The van der Waals surface area contributed by atoms with E-state index in [0.29, 0.717) is 5.69 Å². The molecular formula is C12H18F3N3O3. The second-order valence-electron chi connectivity index (χ2n) is 4.40. The van der Waals surface area contributed by atoms with Gasteiger partial charge in [0.1, 0.15) is 5.56 Å². The Morgan fingerprint density at radius 1 is 1.52 bits per heavy atom. The van der Waals surface area contributed by atoms with Crippen LogP contribution in [0.1, 0.15) is 23.0 Å². The third-order valence-corrected chi connectivity index (χ3v) is 2.75. The van der Waals surface area contributed by atoms with Gasteiger partial charge in [0.05, 0.1) is 31.6 Å². The molecule has 0 atom stereocenters. The van der Waals surface area contributed by atoms with Crippen molar-refractivity contribution in [2.24, 2.45) is 7.05 Å². The molecule has 1 aromatic rings. The third-order valence-electron chi connectivity index (χ3n) is 2.75. The van der Waals surface area contributed by atoms with Crippen LogP contribution in [0.3, 0.4) is 0 Å². The van der Waals surface area contributed by atoms with Crippen LogP contribution in [0.4, 0.5) is 13.2 Å². The number of hydrogen-bond acceptors (Lipinski definition) is 5. The van der Waals surface area contributed by atoms with Crippen LogP contribution in [0.5, 0.6) is 0 Å². The molecule has 0 fully saturated rings. The lowest BCUT2D eigenvalue weighted by Gasteiger charge is -2.23. The summed E-state index contributed by atoms with van der Waals surface area (Å²) in [4.78, 5) is 12.7. The second kappa shape index (κ2) is 7.41. The standard InChI is InChI=1S/C12H18F3N3O3/c1-3-21-11(20)9-6-16-17(2)10(9)7-18(4-5-19)8-12(13,14)15/h6,19H,3-5,7-8H2,1-2H3. The monoisotopic (exact) mass is 309 g/mol. The summed E-state index contributed by atoms with van der Waals surface area (Å²) in [7, 11) is 1.53. The van der Waals surface area contributed by atoms with E-state index in [2.05, 4.69) is 5.10 Å². The van der Waals surface area contributed by atoms with Gasteiger partial charge in [-0.25, -0.2) is 4.79 Å². The van der Waals surface area contributed by atoms with Crippen molar-refractivity contribution in [2.45, 2.75) is 19.6 Å². The summed E-state index contributed by atoms with van der Waals surface area (Å²) >= 11 is 0. The predicted molar refractivity (Wildman–Crippen MR) is 67.6 cm³/mol. The van der Waals surface area contributed by atoms with Crippen LogP contribution in [-0.4, -0.2) is 58.2 Å². The Bertz CT molecular complexity index is 474. The van der Waals surface area contributed by atoms with E-state index in [1.807, 2.05) is 0 Å². The average Bonchev–Trinajstić information content (AvgIpc) is 2.70. The fraction of sp³-hybridized carbons (Fsp3) is 0.667. The van der Waals surface area contributed by atoms with Crippen molar-refractivity contribution in [1.82, 2.24) is 14.7 Å². The Balaban J connectivity index is 2.92. The summed E-state index contributed by atoms with van der Waals surface area (Å²) in [6, 6.07) is 0. The van der Waals surface area contributed by atoms with Crippen molar-refractivity contribution in [2.75, 3.05) is 26.3 Å². The molecule has 21 heavy (non-hydrogen) atoms. The minimum absolute atomic E-state index is 0.129. The lowest BCUT2D eigenvalue weighted by atomic mass is 10.2. The number of aliphatic hydroxyl groups is 1. The fourth-order valence-corrected chi connectivity index (χ4v) is 1.85. The molecule has 0 radical (unpaired) electrons. The average molecular weight is 309 g/mol. The van der Waals surface area contributed by atoms with Gasteiger partial charge in [0, 0.05) is 20.1 Å². The van der Waals surface area contributed by atoms with Crippen LogP contribution >= 0.6 is 0 Å². The SMILES string of the molecule is CCOC(=O)c1cnn(C)c1CN(CCO)CC(F)(F)F. The first-order valence-corrected chi connectivity index (χ1v) is 6.36. The van der Waals surface area contributed by atoms with Crippen molar-refractivity contribution in [3.63, 3.8) is 0 Å². The van der Waals surface area contributed by atoms with Gasteiger partial charge in [-0.3, -0.25) is 9.58 Å². The number of carbonyl (C=O) groups excluding carboxylic acids is 1. The highest BCUT2D eigenvalue weighted by atomic mass is 19.4. The first kappa shape index (κ1) is 17.4. The van der Waals surface area contributed by atoms with Gasteiger partial charge in [0.25, 0.3) is 0 Å². The van der Waals surface area contributed by atoms with E-state index in [9.17, 15) is 18.0 Å². The number of carbonyl (C=O) groups is 1. The molecule has 0 aliphatic rings. The Hall–Kier alpha value is -1.61. The molecule has 0 bridgehead atoms. The smallest absolute Gasteiger partial charge is 0.401 e. The number of hydrogen-bond donors (Lipinski definition) is 1.